The first kappa shape index (κ1) is 17.4. The van der Waals surface area contributed by atoms with Gasteiger partial charge in [-0.25, -0.2) is 0 Å². The van der Waals surface area contributed by atoms with Crippen molar-refractivity contribution in [2.45, 2.75) is 0 Å². The van der Waals surface area contributed by atoms with Gasteiger partial charge in [0, 0.05) is 38.3 Å². The van der Waals surface area contributed by atoms with Gasteiger partial charge in [0.2, 0.25) is 0 Å². The molecular formula is C14H20N4O4S. The first-order valence-electron chi connectivity index (χ1n) is 7.27. The van der Waals surface area contributed by atoms with Gasteiger partial charge in [-0.15, -0.1) is 0 Å². The van der Waals surface area contributed by atoms with Gasteiger partial charge in [0.05, 0.1) is 30.9 Å². The number of non-ortho nitro benzene ring substituents is 1. The third kappa shape index (κ3) is 5.31. The average Bonchev–Trinajstić information content (AvgIpc) is 2.55. The van der Waals surface area contributed by atoms with E-state index in [1.807, 2.05) is 0 Å². The van der Waals surface area contributed by atoms with Crippen molar-refractivity contribution in [1.82, 2.24) is 10.2 Å². The SMILES string of the molecule is COc1ccc([N+](=O)[O-])cc1NC(=S)NCCN1CCOCC1. The zero-order chi connectivity index (χ0) is 16.7. The van der Waals surface area contributed by atoms with E-state index in [0.29, 0.717) is 23.1 Å². The van der Waals surface area contributed by atoms with E-state index < -0.39 is 4.92 Å². The standard InChI is InChI=1S/C14H20N4O4S/c1-21-13-3-2-11(18(19)20)10-12(13)16-14(23)15-4-5-17-6-8-22-9-7-17/h2-3,10H,4-9H2,1H3,(H2,15,16,23). The van der Waals surface area contributed by atoms with E-state index in [4.69, 9.17) is 21.7 Å². The molecule has 0 aliphatic carbocycles. The second-order valence-electron chi connectivity index (χ2n) is 4.98. The highest BCUT2D eigenvalue weighted by Gasteiger charge is 2.13. The van der Waals surface area contributed by atoms with Crippen LogP contribution < -0.4 is 15.4 Å². The van der Waals surface area contributed by atoms with Crippen molar-refractivity contribution in [3.63, 3.8) is 0 Å². The van der Waals surface area contributed by atoms with Gasteiger partial charge in [0.15, 0.2) is 5.11 Å². The molecule has 0 aromatic heterocycles. The van der Waals surface area contributed by atoms with Crippen LogP contribution in [0.25, 0.3) is 0 Å². The summed E-state index contributed by atoms with van der Waals surface area (Å²) in [6.07, 6.45) is 0. The fourth-order valence-electron chi connectivity index (χ4n) is 2.23. The van der Waals surface area contributed by atoms with E-state index in [9.17, 15) is 10.1 Å². The number of ether oxygens (including phenoxy) is 2. The van der Waals surface area contributed by atoms with Crippen molar-refractivity contribution >= 4 is 28.7 Å². The Bertz CT molecular complexity index is 564. The van der Waals surface area contributed by atoms with Crippen LogP contribution >= 0.6 is 12.2 Å². The summed E-state index contributed by atoms with van der Waals surface area (Å²) in [5.41, 5.74) is 0.440. The van der Waals surface area contributed by atoms with E-state index in [0.717, 1.165) is 32.8 Å². The predicted octanol–water partition coefficient (Wildman–Crippen LogP) is 1.22. The summed E-state index contributed by atoms with van der Waals surface area (Å²) in [5, 5.41) is 17.3. The lowest BCUT2D eigenvalue weighted by Crippen LogP contribution is -2.42. The molecule has 126 valence electrons. The van der Waals surface area contributed by atoms with E-state index in [-0.39, 0.29) is 5.69 Å². The van der Waals surface area contributed by atoms with Crippen molar-refractivity contribution in [3.05, 3.63) is 28.3 Å². The predicted molar refractivity (Wildman–Crippen MR) is 91.1 cm³/mol. The third-order valence-electron chi connectivity index (χ3n) is 3.46. The van der Waals surface area contributed by atoms with Crippen molar-refractivity contribution in [3.8, 4) is 5.75 Å². The summed E-state index contributed by atoms with van der Waals surface area (Å²) in [6.45, 7) is 4.89. The molecule has 0 amide bonds. The lowest BCUT2D eigenvalue weighted by atomic mass is 10.2. The van der Waals surface area contributed by atoms with Crippen molar-refractivity contribution < 1.29 is 14.4 Å². The largest absolute Gasteiger partial charge is 0.495 e. The molecule has 1 aliphatic heterocycles. The number of methoxy groups -OCH3 is 1. The molecule has 0 saturated carbocycles. The number of rotatable bonds is 6. The molecule has 8 nitrogen and oxygen atoms in total. The summed E-state index contributed by atoms with van der Waals surface area (Å²) in [5.74, 6) is 0.493. The maximum Gasteiger partial charge on any atom is 0.271 e. The van der Waals surface area contributed by atoms with Gasteiger partial charge in [-0.2, -0.15) is 0 Å². The normalized spacial score (nSPS) is 15.0. The molecule has 2 rings (SSSR count). The van der Waals surface area contributed by atoms with Gasteiger partial charge in [-0.3, -0.25) is 15.0 Å². The van der Waals surface area contributed by atoms with Crippen LogP contribution in [0.2, 0.25) is 0 Å². The minimum atomic E-state index is -0.459. The number of benzene rings is 1. The summed E-state index contributed by atoms with van der Waals surface area (Å²) in [7, 11) is 1.50. The molecule has 1 aromatic rings. The first-order valence-corrected chi connectivity index (χ1v) is 7.68. The number of nitro benzene ring substituents is 1. The fraction of sp³-hybridized carbons (Fsp3) is 0.500. The average molecular weight is 340 g/mol. The van der Waals surface area contributed by atoms with Gasteiger partial charge in [-0.1, -0.05) is 0 Å². The van der Waals surface area contributed by atoms with Crippen LogP contribution in [-0.4, -0.2) is 61.4 Å². The molecule has 2 N–H and O–H groups in total. The number of nitrogens with one attached hydrogen (secondary N) is 2. The zero-order valence-electron chi connectivity index (χ0n) is 12.9. The van der Waals surface area contributed by atoms with E-state index in [1.54, 1.807) is 0 Å². The molecule has 1 aromatic carbocycles. The van der Waals surface area contributed by atoms with Gasteiger partial charge in [0.1, 0.15) is 5.75 Å². The molecule has 0 unspecified atom stereocenters. The Morgan fingerprint density at radius 2 is 2.22 bits per heavy atom. The summed E-state index contributed by atoms with van der Waals surface area (Å²) < 4.78 is 10.5. The molecule has 1 fully saturated rings. The topological polar surface area (TPSA) is 88.9 Å². The number of morpholine rings is 1. The summed E-state index contributed by atoms with van der Waals surface area (Å²) >= 11 is 5.23. The number of nitro groups is 1. The fourth-order valence-corrected chi connectivity index (χ4v) is 2.44. The Hall–Kier alpha value is -1.97. The summed E-state index contributed by atoms with van der Waals surface area (Å²) in [4.78, 5) is 12.7. The van der Waals surface area contributed by atoms with Crippen LogP contribution in [0.4, 0.5) is 11.4 Å². The third-order valence-corrected chi connectivity index (χ3v) is 3.71. The van der Waals surface area contributed by atoms with Gasteiger partial charge < -0.3 is 20.1 Å². The molecule has 9 heteroatoms. The maximum atomic E-state index is 10.9. The Morgan fingerprint density at radius 1 is 1.48 bits per heavy atom. The Labute approximate surface area is 139 Å². The van der Waals surface area contributed by atoms with Crippen LogP contribution in [0.5, 0.6) is 5.75 Å². The van der Waals surface area contributed by atoms with Crippen molar-refractivity contribution in [1.29, 1.82) is 0 Å². The molecule has 0 atom stereocenters. The number of thiocarbonyl (C=S) groups is 1. The van der Waals surface area contributed by atoms with Gasteiger partial charge in [-0.05, 0) is 18.3 Å². The second kappa shape index (κ2) is 8.61. The van der Waals surface area contributed by atoms with Crippen LogP contribution in [0, 0.1) is 10.1 Å². The number of hydrogen-bond acceptors (Lipinski definition) is 6. The molecule has 0 bridgehead atoms. The number of anilines is 1. The van der Waals surface area contributed by atoms with Crippen molar-refractivity contribution in [2.75, 3.05) is 51.8 Å². The maximum absolute atomic E-state index is 10.9. The lowest BCUT2D eigenvalue weighted by molar-refractivity contribution is -0.384. The van der Waals surface area contributed by atoms with Crippen LogP contribution in [0.15, 0.2) is 18.2 Å². The van der Waals surface area contributed by atoms with Crippen LogP contribution in [0.3, 0.4) is 0 Å². The Balaban J connectivity index is 1.86. The lowest BCUT2D eigenvalue weighted by Gasteiger charge is -2.26. The number of hydrogen-bond donors (Lipinski definition) is 2. The van der Waals surface area contributed by atoms with E-state index >= 15 is 0 Å². The van der Waals surface area contributed by atoms with E-state index in [2.05, 4.69) is 15.5 Å². The molecule has 1 aliphatic rings. The highest BCUT2D eigenvalue weighted by atomic mass is 32.1. The molecule has 0 spiro atoms. The van der Waals surface area contributed by atoms with Gasteiger partial charge in [0.25, 0.3) is 5.69 Å². The van der Waals surface area contributed by atoms with E-state index in [1.165, 1.54) is 25.3 Å². The van der Waals surface area contributed by atoms with Crippen LogP contribution in [0.1, 0.15) is 0 Å². The highest BCUT2D eigenvalue weighted by molar-refractivity contribution is 7.80. The van der Waals surface area contributed by atoms with Crippen molar-refractivity contribution in [2.24, 2.45) is 0 Å². The highest BCUT2D eigenvalue weighted by Crippen LogP contribution is 2.28. The molecule has 0 radical (unpaired) electrons. The Morgan fingerprint density at radius 3 is 2.87 bits per heavy atom. The number of nitrogens with zero attached hydrogens (tertiary/aromatic N) is 2. The van der Waals surface area contributed by atoms with Gasteiger partial charge >= 0.3 is 0 Å². The monoisotopic (exact) mass is 340 g/mol. The summed E-state index contributed by atoms with van der Waals surface area (Å²) in [6, 6.07) is 4.32. The quantitative estimate of drug-likeness (QED) is 0.454. The minimum absolute atomic E-state index is 0.0237. The minimum Gasteiger partial charge on any atom is -0.495 e. The molecule has 1 heterocycles. The molecule has 23 heavy (non-hydrogen) atoms. The van der Waals surface area contributed by atoms with Crippen LogP contribution in [-0.2, 0) is 4.74 Å². The Kier molecular flexibility index (Phi) is 6.51. The smallest absolute Gasteiger partial charge is 0.271 e. The first-order chi connectivity index (χ1) is 11.1. The second-order valence-corrected chi connectivity index (χ2v) is 5.38. The zero-order valence-corrected chi connectivity index (χ0v) is 13.7. The molecule has 1 saturated heterocycles. The molecular weight excluding hydrogens is 320 g/mol.